The van der Waals surface area contributed by atoms with Gasteiger partial charge in [0.2, 0.25) is 6.33 Å². The second-order valence-electron chi connectivity index (χ2n) is 5.04. The Hall–Kier alpha value is -3.21. The molecule has 111 valence electrons. The van der Waals surface area contributed by atoms with Gasteiger partial charge in [-0.1, -0.05) is 42.5 Å². The second-order valence-corrected chi connectivity index (χ2v) is 5.04. The first kappa shape index (κ1) is 13.5. The van der Waals surface area contributed by atoms with Gasteiger partial charge in [0.05, 0.1) is 19.0 Å². The SMILES string of the molecule is COc1cccc(-c2ncc(-c3ccccc3)n3n[c]nc23)c1. The molecule has 0 fully saturated rings. The number of methoxy groups -OCH3 is 1. The Morgan fingerprint density at radius 2 is 1.83 bits per heavy atom. The Morgan fingerprint density at radius 1 is 1.00 bits per heavy atom. The van der Waals surface area contributed by atoms with Crippen molar-refractivity contribution >= 4 is 5.65 Å². The van der Waals surface area contributed by atoms with Crippen LogP contribution in [0.2, 0.25) is 0 Å². The Bertz CT molecular complexity index is 963. The molecule has 5 heteroatoms. The predicted octanol–water partition coefficient (Wildman–Crippen LogP) is 3.27. The maximum absolute atomic E-state index is 5.28. The smallest absolute Gasteiger partial charge is 0.221 e. The van der Waals surface area contributed by atoms with Crippen LogP contribution in [-0.4, -0.2) is 26.7 Å². The minimum absolute atomic E-state index is 0.666. The van der Waals surface area contributed by atoms with Crippen LogP contribution in [0.3, 0.4) is 0 Å². The fourth-order valence-corrected chi connectivity index (χ4v) is 2.55. The molecule has 0 aliphatic heterocycles. The summed E-state index contributed by atoms with van der Waals surface area (Å²) in [5, 5.41) is 4.23. The summed E-state index contributed by atoms with van der Waals surface area (Å²) in [4.78, 5) is 8.86. The first-order valence-corrected chi connectivity index (χ1v) is 7.18. The lowest BCUT2D eigenvalue weighted by Gasteiger charge is -2.08. The highest BCUT2D eigenvalue weighted by Crippen LogP contribution is 2.27. The van der Waals surface area contributed by atoms with E-state index in [0.717, 1.165) is 28.3 Å². The van der Waals surface area contributed by atoms with Crippen molar-refractivity contribution in [3.8, 4) is 28.3 Å². The molecule has 0 saturated heterocycles. The summed E-state index contributed by atoms with van der Waals surface area (Å²) in [7, 11) is 1.64. The molecule has 0 spiro atoms. The van der Waals surface area contributed by atoms with Gasteiger partial charge in [0.15, 0.2) is 5.65 Å². The van der Waals surface area contributed by atoms with Crippen LogP contribution in [0.25, 0.3) is 28.2 Å². The summed E-state index contributed by atoms with van der Waals surface area (Å²) in [5.74, 6) is 0.776. The van der Waals surface area contributed by atoms with Gasteiger partial charge in [-0.3, -0.25) is 0 Å². The van der Waals surface area contributed by atoms with Crippen LogP contribution in [0.5, 0.6) is 5.75 Å². The van der Waals surface area contributed by atoms with Crippen molar-refractivity contribution in [2.24, 2.45) is 0 Å². The number of aromatic nitrogens is 4. The van der Waals surface area contributed by atoms with E-state index in [1.807, 2.05) is 54.6 Å². The zero-order chi connectivity index (χ0) is 15.6. The maximum atomic E-state index is 5.28. The van der Waals surface area contributed by atoms with Crippen LogP contribution < -0.4 is 4.74 Å². The molecule has 2 heterocycles. The molecule has 0 atom stereocenters. The number of nitrogens with zero attached hydrogens (tertiary/aromatic N) is 4. The summed E-state index contributed by atoms with van der Waals surface area (Å²) >= 11 is 0. The van der Waals surface area contributed by atoms with Crippen molar-refractivity contribution in [3.63, 3.8) is 0 Å². The van der Waals surface area contributed by atoms with Gasteiger partial charge >= 0.3 is 0 Å². The molecular formula is C18H13N4O. The summed E-state index contributed by atoms with van der Waals surface area (Å²) in [6, 6.07) is 17.7. The number of ether oxygens (including phenoxy) is 1. The van der Waals surface area contributed by atoms with Gasteiger partial charge in [0, 0.05) is 11.1 Å². The van der Waals surface area contributed by atoms with E-state index in [1.165, 1.54) is 0 Å². The molecule has 0 aliphatic carbocycles. The van der Waals surface area contributed by atoms with E-state index in [9.17, 15) is 0 Å². The molecule has 0 amide bonds. The minimum Gasteiger partial charge on any atom is -0.497 e. The van der Waals surface area contributed by atoms with Crippen molar-refractivity contribution in [2.45, 2.75) is 0 Å². The monoisotopic (exact) mass is 301 g/mol. The number of benzene rings is 2. The van der Waals surface area contributed by atoms with Crippen molar-refractivity contribution in [3.05, 3.63) is 67.1 Å². The van der Waals surface area contributed by atoms with Crippen LogP contribution in [-0.2, 0) is 0 Å². The van der Waals surface area contributed by atoms with Crippen LogP contribution in [0.4, 0.5) is 0 Å². The van der Waals surface area contributed by atoms with Crippen molar-refractivity contribution < 1.29 is 4.74 Å². The third-order valence-corrected chi connectivity index (χ3v) is 3.67. The molecule has 0 N–H and O–H groups in total. The highest BCUT2D eigenvalue weighted by atomic mass is 16.5. The van der Waals surface area contributed by atoms with Gasteiger partial charge in [-0.25, -0.2) is 14.5 Å². The highest BCUT2D eigenvalue weighted by molar-refractivity contribution is 5.76. The molecule has 2 aromatic heterocycles. The molecule has 0 unspecified atom stereocenters. The van der Waals surface area contributed by atoms with E-state index in [1.54, 1.807) is 17.8 Å². The number of fused-ring (bicyclic) bond motifs is 1. The summed E-state index contributed by atoms with van der Waals surface area (Å²) in [6.07, 6.45) is 4.48. The topological polar surface area (TPSA) is 52.3 Å². The first-order chi connectivity index (χ1) is 11.4. The van der Waals surface area contributed by atoms with E-state index < -0.39 is 0 Å². The van der Waals surface area contributed by atoms with Crippen molar-refractivity contribution in [1.82, 2.24) is 19.6 Å². The summed E-state index contributed by atoms with van der Waals surface area (Å²) < 4.78 is 7.05. The molecule has 4 aromatic rings. The third-order valence-electron chi connectivity index (χ3n) is 3.67. The maximum Gasteiger partial charge on any atom is 0.221 e. The molecule has 23 heavy (non-hydrogen) atoms. The number of rotatable bonds is 3. The van der Waals surface area contributed by atoms with Gasteiger partial charge in [-0.15, -0.1) is 5.10 Å². The predicted molar refractivity (Wildman–Crippen MR) is 87.0 cm³/mol. The van der Waals surface area contributed by atoms with E-state index in [-0.39, 0.29) is 0 Å². The van der Waals surface area contributed by atoms with Gasteiger partial charge in [-0.2, -0.15) is 0 Å². The number of hydrogen-bond donors (Lipinski definition) is 0. The van der Waals surface area contributed by atoms with E-state index in [4.69, 9.17) is 4.74 Å². The lowest BCUT2D eigenvalue weighted by molar-refractivity contribution is 0.415. The molecular weight excluding hydrogens is 288 g/mol. The molecule has 0 bridgehead atoms. The van der Waals surface area contributed by atoms with E-state index in [0.29, 0.717) is 5.65 Å². The summed E-state index contributed by atoms with van der Waals surface area (Å²) in [5.41, 5.74) is 4.24. The lowest BCUT2D eigenvalue weighted by atomic mass is 10.1. The normalized spacial score (nSPS) is 10.8. The fraction of sp³-hybridized carbons (Fsp3) is 0.0556. The minimum atomic E-state index is 0.666. The highest BCUT2D eigenvalue weighted by Gasteiger charge is 2.13. The lowest BCUT2D eigenvalue weighted by Crippen LogP contribution is -1.99. The second kappa shape index (κ2) is 5.53. The molecule has 0 saturated carbocycles. The Kier molecular flexibility index (Phi) is 3.24. The molecule has 2 aromatic carbocycles. The first-order valence-electron chi connectivity index (χ1n) is 7.18. The zero-order valence-electron chi connectivity index (χ0n) is 12.5. The van der Waals surface area contributed by atoms with Gasteiger partial charge in [-0.05, 0) is 12.1 Å². The Balaban J connectivity index is 1.92. The molecule has 5 nitrogen and oxygen atoms in total. The van der Waals surface area contributed by atoms with Crippen LogP contribution in [0, 0.1) is 6.33 Å². The Morgan fingerprint density at radius 3 is 2.65 bits per heavy atom. The van der Waals surface area contributed by atoms with Crippen molar-refractivity contribution in [1.29, 1.82) is 0 Å². The van der Waals surface area contributed by atoms with Crippen LogP contribution in [0.1, 0.15) is 0 Å². The molecule has 1 radical (unpaired) electrons. The largest absolute Gasteiger partial charge is 0.497 e. The summed E-state index contributed by atoms with van der Waals surface area (Å²) in [6.45, 7) is 0. The van der Waals surface area contributed by atoms with Gasteiger partial charge < -0.3 is 4.74 Å². The van der Waals surface area contributed by atoms with Crippen LogP contribution in [0.15, 0.2) is 60.8 Å². The van der Waals surface area contributed by atoms with Gasteiger partial charge in [0.25, 0.3) is 0 Å². The Labute approximate surface area is 133 Å². The van der Waals surface area contributed by atoms with Gasteiger partial charge in [0.1, 0.15) is 11.4 Å². The molecule has 4 rings (SSSR count). The zero-order valence-corrected chi connectivity index (χ0v) is 12.5. The van der Waals surface area contributed by atoms with Crippen molar-refractivity contribution in [2.75, 3.05) is 7.11 Å². The standard InChI is InChI=1S/C18H13N4O/c1-23-15-9-5-8-14(10-15)17-18-20-12-21-22(18)16(11-19-17)13-6-3-2-4-7-13/h2-11H,1H3. The van der Waals surface area contributed by atoms with E-state index >= 15 is 0 Å². The average Bonchev–Trinajstić information content (AvgIpc) is 3.11. The third kappa shape index (κ3) is 2.32. The van der Waals surface area contributed by atoms with E-state index in [2.05, 4.69) is 21.4 Å². The van der Waals surface area contributed by atoms with Crippen LogP contribution >= 0.6 is 0 Å². The quantitative estimate of drug-likeness (QED) is 0.583. The fourth-order valence-electron chi connectivity index (χ4n) is 2.55. The number of hydrogen-bond acceptors (Lipinski definition) is 4. The average molecular weight is 301 g/mol. The molecule has 0 aliphatic rings.